The van der Waals surface area contributed by atoms with E-state index in [2.05, 4.69) is 4.90 Å². The number of aliphatic hydroxyl groups excluding tert-OH is 1. The molecule has 2 aliphatic rings. The van der Waals surface area contributed by atoms with Crippen LogP contribution in [0.2, 0.25) is 0 Å². The number of aliphatic hydroxyl groups is 1. The van der Waals surface area contributed by atoms with Crippen molar-refractivity contribution in [3.05, 3.63) is 18.2 Å². The van der Waals surface area contributed by atoms with Gasteiger partial charge in [0.25, 0.3) is 0 Å². The molecule has 1 unspecified atom stereocenters. The molecule has 1 aromatic carbocycles. The van der Waals surface area contributed by atoms with Crippen LogP contribution in [0.1, 0.15) is 6.42 Å². The van der Waals surface area contributed by atoms with Gasteiger partial charge in [-0.05, 0) is 18.6 Å². The van der Waals surface area contributed by atoms with Crippen LogP contribution in [0.5, 0.6) is 11.5 Å². The molecule has 1 fully saturated rings. The molecule has 0 radical (unpaired) electrons. The van der Waals surface area contributed by atoms with Crippen LogP contribution in [0.25, 0.3) is 0 Å². The molecule has 1 saturated heterocycles. The smallest absolute Gasteiger partial charge is 0.231 e. The Kier molecular flexibility index (Phi) is 2.38. The molecule has 0 bridgehead atoms. The van der Waals surface area contributed by atoms with Crippen LogP contribution in [0.4, 0.5) is 5.69 Å². The van der Waals surface area contributed by atoms with Gasteiger partial charge in [0.1, 0.15) is 0 Å². The number of rotatable bonds is 2. The Labute approximate surface area is 99.7 Å². The average Bonchev–Trinajstić information content (AvgIpc) is 2.95. The van der Waals surface area contributed by atoms with Gasteiger partial charge in [-0.25, -0.2) is 0 Å². The van der Waals surface area contributed by atoms with Crippen molar-refractivity contribution in [2.75, 3.05) is 31.4 Å². The number of fused-ring (bicyclic) bond motifs is 1. The molecule has 0 amide bonds. The number of hydrogen-bond acceptors (Lipinski definition) is 5. The predicted octanol–water partition coefficient (Wildman–Crippen LogP) is 0.315. The fraction of sp³-hybridized carbons (Fsp3) is 0.500. The SMILES string of the molecule is NC1(CO)CCN(c2ccc3c(c2)OCO3)C1. The number of nitrogens with zero attached hydrogens (tertiary/aromatic N) is 1. The van der Waals surface area contributed by atoms with Gasteiger partial charge in [-0.2, -0.15) is 0 Å². The quantitative estimate of drug-likeness (QED) is 0.773. The second kappa shape index (κ2) is 3.78. The summed E-state index contributed by atoms with van der Waals surface area (Å²) in [6.45, 7) is 1.84. The summed E-state index contributed by atoms with van der Waals surface area (Å²) in [5.74, 6) is 1.56. The van der Waals surface area contributed by atoms with Crippen molar-refractivity contribution in [1.29, 1.82) is 0 Å². The molecule has 2 aliphatic heterocycles. The number of nitrogens with two attached hydrogens (primary N) is 1. The Morgan fingerprint density at radius 2 is 2.18 bits per heavy atom. The second-order valence-corrected chi connectivity index (χ2v) is 4.73. The lowest BCUT2D eigenvalue weighted by Crippen LogP contribution is -2.46. The van der Waals surface area contributed by atoms with E-state index >= 15 is 0 Å². The van der Waals surface area contributed by atoms with Crippen molar-refractivity contribution in [2.24, 2.45) is 5.73 Å². The van der Waals surface area contributed by atoms with Crippen LogP contribution in [-0.2, 0) is 0 Å². The van der Waals surface area contributed by atoms with Gasteiger partial charge < -0.3 is 25.2 Å². The van der Waals surface area contributed by atoms with E-state index < -0.39 is 5.54 Å². The molecular formula is C12H16N2O3. The van der Waals surface area contributed by atoms with Gasteiger partial charge in [0.15, 0.2) is 11.5 Å². The molecule has 2 heterocycles. The van der Waals surface area contributed by atoms with Crippen molar-refractivity contribution in [3.63, 3.8) is 0 Å². The van der Waals surface area contributed by atoms with Gasteiger partial charge in [-0.15, -0.1) is 0 Å². The molecule has 5 heteroatoms. The van der Waals surface area contributed by atoms with Crippen molar-refractivity contribution in [1.82, 2.24) is 0 Å². The maximum Gasteiger partial charge on any atom is 0.231 e. The van der Waals surface area contributed by atoms with Gasteiger partial charge in [-0.3, -0.25) is 0 Å². The maximum absolute atomic E-state index is 9.25. The van der Waals surface area contributed by atoms with Crippen LogP contribution in [-0.4, -0.2) is 37.1 Å². The molecule has 0 aliphatic carbocycles. The zero-order chi connectivity index (χ0) is 11.9. The third-order valence-electron chi connectivity index (χ3n) is 3.42. The Bertz CT molecular complexity index is 438. The van der Waals surface area contributed by atoms with Gasteiger partial charge in [0, 0.05) is 24.8 Å². The fourth-order valence-electron chi connectivity index (χ4n) is 2.33. The van der Waals surface area contributed by atoms with Gasteiger partial charge in [0.2, 0.25) is 6.79 Å². The topological polar surface area (TPSA) is 68.0 Å². The molecule has 17 heavy (non-hydrogen) atoms. The minimum Gasteiger partial charge on any atom is -0.454 e. The van der Waals surface area contributed by atoms with E-state index in [1.807, 2.05) is 18.2 Å². The first-order valence-electron chi connectivity index (χ1n) is 5.75. The molecule has 5 nitrogen and oxygen atoms in total. The van der Waals surface area contributed by atoms with E-state index in [1.165, 1.54) is 0 Å². The minimum absolute atomic E-state index is 0.0219. The number of ether oxygens (including phenoxy) is 2. The Morgan fingerprint density at radius 3 is 2.94 bits per heavy atom. The van der Waals surface area contributed by atoms with Gasteiger partial charge >= 0.3 is 0 Å². The summed E-state index contributed by atoms with van der Waals surface area (Å²) in [6.07, 6.45) is 0.804. The number of hydrogen-bond donors (Lipinski definition) is 2. The van der Waals surface area contributed by atoms with Crippen LogP contribution in [0.3, 0.4) is 0 Å². The third kappa shape index (κ3) is 1.81. The van der Waals surface area contributed by atoms with E-state index in [1.54, 1.807) is 0 Å². The lowest BCUT2D eigenvalue weighted by atomic mass is 10.0. The molecule has 0 saturated carbocycles. The highest BCUT2D eigenvalue weighted by Gasteiger charge is 2.34. The summed E-state index contributed by atoms with van der Waals surface area (Å²) >= 11 is 0. The predicted molar refractivity (Wildman–Crippen MR) is 63.4 cm³/mol. The van der Waals surface area contributed by atoms with Crippen LogP contribution < -0.4 is 20.1 Å². The Hall–Kier alpha value is -1.46. The summed E-state index contributed by atoms with van der Waals surface area (Å²) in [5.41, 5.74) is 6.64. The van der Waals surface area contributed by atoms with Crippen LogP contribution in [0.15, 0.2) is 18.2 Å². The largest absolute Gasteiger partial charge is 0.454 e. The lowest BCUT2D eigenvalue weighted by molar-refractivity contribution is 0.174. The molecule has 1 aromatic rings. The zero-order valence-electron chi connectivity index (χ0n) is 9.56. The van der Waals surface area contributed by atoms with Gasteiger partial charge in [-0.1, -0.05) is 0 Å². The number of anilines is 1. The number of benzene rings is 1. The summed E-state index contributed by atoms with van der Waals surface area (Å²) < 4.78 is 10.6. The van der Waals surface area contributed by atoms with Crippen molar-refractivity contribution >= 4 is 5.69 Å². The molecule has 0 aromatic heterocycles. The summed E-state index contributed by atoms with van der Waals surface area (Å²) in [5, 5.41) is 9.25. The molecule has 92 valence electrons. The Balaban J connectivity index is 1.82. The molecular weight excluding hydrogens is 220 g/mol. The molecule has 3 N–H and O–H groups in total. The monoisotopic (exact) mass is 236 g/mol. The molecule has 1 atom stereocenters. The Morgan fingerprint density at radius 1 is 1.35 bits per heavy atom. The fourth-order valence-corrected chi connectivity index (χ4v) is 2.33. The summed E-state index contributed by atoms with van der Waals surface area (Å²) in [4.78, 5) is 2.16. The van der Waals surface area contributed by atoms with Crippen molar-refractivity contribution in [3.8, 4) is 11.5 Å². The standard InChI is InChI=1S/C12H16N2O3/c13-12(7-15)3-4-14(6-12)9-1-2-10-11(5-9)17-8-16-10/h1-2,5,15H,3-4,6-8,13H2. The van der Waals surface area contributed by atoms with E-state index in [0.29, 0.717) is 6.54 Å². The molecule has 3 rings (SSSR count). The van der Waals surface area contributed by atoms with Crippen LogP contribution >= 0.6 is 0 Å². The first kappa shape index (κ1) is 10.7. The normalized spacial score (nSPS) is 26.6. The summed E-state index contributed by atoms with van der Waals surface area (Å²) in [6, 6.07) is 5.87. The average molecular weight is 236 g/mol. The highest BCUT2D eigenvalue weighted by Crippen LogP contribution is 2.36. The minimum atomic E-state index is -0.476. The van der Waals surface area contributed by atoms with E-state index in [4.69, 9.17) is 15.2 Å². The van der Waals surface area contributed by atoms with Crippen molar-refractivity contribution < 1.29 is 14.6 Å². The second-order valence-electron chi connectivity index (χ2n) is 4.73. The first-order valence-corrected chi connectivity index (χ1v) is 5.75. The third-order valence-corrected chi connectivity index (χ3v) is 3.42. The van der Waals surface area contributed by atoms with E-state index in [9.17, 15) is 5.11 Å². The zero-order valence-corrected chi connectivity index (χ0v) is 9.56. The van der Waals surface area contributed by atoms with Crippen LogP contribution in [0, 0.1) is 0 Å². The maximum atomic E-state index is 9.25. The van der Waals surface area contributed by atoms with Crippen molar-refractivity contribution in [2.45, 2.75) is 12.0 Å². The first-order chi connectivity index (χ1) is 8.20. The summed E-state index contributed by atoms with van der Waals surface area (Å²) in [7, 11) is 0. The van der Waals surface area contributed by atoms with E-state index in [-0.39, 0.29) is 13.4 Å². The van der Waals surface area contributed by atoms with E-state index in [0.717, 1.165) is 30.2 Å². The lowest BCUT2D eigenvalue weighted by Gasteiger charge is -2.23. The molecule has 0 spiro atoms. The highest BCUT2D eigenvalue weighted by molar-refractivity contribution is 5.58. The van der Waals surface area contributed by atoms with Gasteiger partial charge in [0.05, 0.1) is 12.1 Å². The highest BCUT2D eigenvalue weighted by atomic mass is 16.7.